The van der Waals surface area contributed by atoms with Crippen molar-refractivity contribution in [2.75, 3.05) is 6.54 Å². The van der Waals surface area contributed by atoms with Gasteiger partial charge in [-0.1, -0.05) is 18.7 Å². The molecule has 1 N–H and O–H groups in total. The number of halogens is 1. The number of hydrogen-bond acceptors (Lipinski definition) is 4. The molecule has 0 fully saturated rings. The molecule has 0 spiro atoms. The summed E-state index contributed by atoms with van der Waals surface area (Å²) < 4.78 is 1.16. The lowest BCUT2D eigenvalue weighted by molar-refractivity contribution is 0.840. The first kappa shape index (κ1) is 11.5. The summed E-state index contributed by atoms with van der Waals surface area (Å²) in [4.78, 5) is 5.81. The number of thioether (sulfide) groups is 1. The van der Waals surface area contributed by atoms with Crippen molar-refractivity contribution in [3.63, 3.8) is 0 Å². The first-order valence-electron chi connectivity index (χ1n) is 4.96. The molecule has 1 aliphatic rings. The predicted octanol–water partition coefficient (Wildman–Crippen LogP) is 3.48. The Bertz CT molecular complexity index is 362. The number of nitrogens with zero attached hydrogens (tertiary/aromatic N) is 1. The minimum atomic E-state index is 0.683. The average Bonchev–Trinajstić information content (AvgIpc) is 2.83. The maximum Gasteiger partial charge on any atom is 0.157 e. The van der Waals surface area contributed by atoms with Crippen molar-refractivity contribution in [1.82, 2.24) is 5.32 Å². The van der Waals surface area contributed by atoms with Gasteiger partial charge < -0.3 is 5.32 Å². The molecule has 1 aliphatic heterocycles. The number of thiophene rings is 1. The van der Waals surface area contributed by atoms with E-state index in [2.05, 4.69) is 44.6 Å². The Morgan fingerprint density at radius 2 is 2.53 bits per heavy atom. The van der Waals surface area contributed by atoms with Crippen molar-refractivity contribution >= 4 is 44.2 Å². The summed E-state index contributed by atoms with van der Waals surface area (Å²) in [7, 11) is 0. The van der Waals surface area contributed by atoms with Gasteiger partial charge in [-0.05, 0) is 28.4 Å². The van der Waals surface area contributed by atoms with E-state index in [0.29, 0.717) is 5.25 Å². The average molecular weight is 305 g/mol. The van der Waals surface area contributed by atoms with Gasteiger partial charge in [0.1, 0.15) is 0 Å². The summed E-state index contributed by atoms with van der Waals surface area (Å²) >= 11 is 7.09. The smallest absolute Gasteiger partial charge is 0.157 e. The number of rotatable bonds is 3. The van der Waals surface area contributed by atoms with Gasteiger partial charge in [0.2, 0.25) is 0 Å². The Hall–Kier alpha value is -0.000000000000000111. The summed E-state index contributed by atoms with van der Waals surface area (Å²) in [5.41, 5.74) is 0. The molecule has 1 aromatic heterocycles. The van der Waals surface area contributed by atoms with Crippen molar-refractivity contribution in [3.8, 4) is 0 Å². The van der Waals surface area contributed by atoms with E-state index in [1.54, 1.807) is 11.3 Å². The highest BCUT2D eigenvalue weighted by atomic mass is 79.9. The van der Waals surface area contributed by atoms with Crippen molar-refractivity contribution in [3.05, 3.63) is 20.8 Å². The zero-order valence-corrected chi connectivity index (χ0v) is 11.7. The summed E-state index contributed by atoms with van der Waals surface area (Å²) in [5.74, 6) is 0. The van der Waals surface area contributed by atoms with Crippen LogP contribution in [0.5, 0.6) is 0 Å². The molecule has 0 saturated heterocycles. The van der Waals surface area contributed by atoms with Crippen LogP contribution in [0.2, 0.25) is 0 Å². The fraction of sp³-hybridized carbons (Fsp3) is 0.500. The molecule has 15 heavy (non-hydrogen) atoms. The van der Waals surface area contributed by atoms with Gasteiger partial charge in [-0.2, -0.15) is 0 Å². The molecular weight excluding hydrogens is 292 g/mol. The van der Waals surface area contributed by atoms with Crippen LogP contribution in [0, 0.1) is 0 Å². The molecule has 1 atom stereocenters. The Morgan fingerprint density at radius 3 is 3.13 bits per heavy atom. The number of hydrogen-bond donors (Lipinski definition) is 1. The molecule has 0 bridgehead atoms. The number of nitrogens with one attached hydrogen (secondary N) is 1. The van der Waals surface area contributed by atoms with Crippen LogP contribution in [0.4, 0.5) is 0 Å². The van der Waals surface area contributed by atoms with Crippen LogP contribution in [0.25, 0.3) is 0 Å². The second kappa shape index (κ2) is 5.37. The molecule has 2 heterocycles. The fourth-order valence-corrected chi connectivity index (χ4v) is 3.66. The SMILES string of the molecule is CCC1CN=C(NCc2cc(Br)cs2)S1. The predicted molar refractivity (Wildman–Crippen MR) is 72.8 cm³/mol. The molecule has 2 nitrogen and oxygen atoms in total. The molecule has 1 unspecified atom stereocenters. The highest BCUT2D eigenvalue weighted by Gasteiger charge is 2.17. The zero-order chi connectivity index (χ0) is 10.7. The van der Waals surface area contributed by atoms with E-state index in [-0.39, 0.29) is 0 Å². The van der Waals surface area contributed by atoms with Gasteiger partial charge in [0.15, 0.2) is 5.17 Å². The fourth-order valence-electron chi connectivity index (χ4n) is 1.34. The van der Waals surface area contributed by atoms with Gasteiger partial charge >= 0.3 is 0 Å². The maximum absolute atomic E-state index is 4.47. The van der Waals surface area contributed by atoms with Crippen LogP contribution in [0.1, 0.15) is 18.2 Å². The Kier molecular flexibility index (Phi) is 4.11. The lowest BCUT2D eigenvalue weighted by Crippen LogP contribution is -2.18. The van der Waals surface area contributed by atoms with E-state index in [4.69, 9.17) is 0 Å². The quantitative estimate of drug-likeness (QED) is 0.924. The Labute approximate surface area is 107 Å². The summed E-state index contributed by atoms with van der Waals surface area (Å²) in [6.07, 6.45) is 1.20. The summed E-state index contributed by atoms with van der Waals surface area (Å²) in [6.45, 7) is 4.07. The number of aliphatic imine (C=N–C) groups is 1. The second-order valence-corrected chi connectivity index (χ2v) is 6.58. The third-order valence-electron chi connectivity index (χ3n) is 2.21. The minimum absolute atomic E-state index is 0.683. The summed E-state index contributed by atoms with van der Waals surface area (Å²) in [6, 6.07) is 2.15. The third-order valence-corrected chi connectivity index (χ3v) is 5.22. The van der Waals surface area contributed by atoms with Crippen molar-refractivity contribution in [2.45, 2.75) is 25.1 Å². The van der Waals surface area contributed by atoms with Gasteiger partial charge in [-0.15, -0.1) is 11.3 Å². The van der Waals surface area contributed by atoms with Crippen LogP contribution in [-0.4, -0.2) is 17.0 Å². The van der Waals surface area contributed by atoms with Crippen molar-refractivity contribution in [1.29, 1.82) is 0 Å². The lowest BCUT2D eigenvalue weighted by Gasteiger charge is -2.05. The first-order valence-corrected chi connectivity index (χ1v) is 7.51. The zero-order valence-electron chi connectivity index (χ0n) is 8.50. The van der Waals surface area contributed by atoms with E-state index in [0.717, 1.165) is 22.7 Å². The molecule has 5 heteroatoms. The molecule has 82 valence electrons. The molecule has 0 aliphatic carbocycles. The monoisotopic (exact) mass is 304 g/mol. The highest BCUT2D eigenvalue weighted by molar-refractivity contribution is 9.10. The van der Waals surface area contributed by atoms with Crippen molar-refractivity contribution < 1.29 is 0 Å². The maximum atomic E-state index is 4.47. The standard InChI is InChI=1S/C10H13BrN2S2/c1-2-8-4-12-10(15-8)13-5-9-3-7(11)6-14-9/h3,6,8H,2,4-5H2,1H3,(H,12,13). The van der Waals surface area contributed by atoms with Crippen LogP contribution in [-0.2, 0) is 6.54 Å². The molecule has 0 aromatic carbocycles. The van der Waals surface area contributed by atoms with Crippen LogP contribution in [0.3, 0.4) is 0 Å². The normalized spacial score (nSPS) is 20.4. The van der Waals surface area contributed by atoms with E-state index >= 15 is 0 Å². The van der Waals surface area contributed by atoms with E-state index in [1.165, 1.54) is 11.3 Å². The van der Waals surface area contributed by atoms with Crippen LogP contribution in [0.15, 0.2) is 20.9 Å². The Morgan fingerprint density at radius 1 is 1.67 bits per heavy atom. The van der Waals surface area contributed by atoms with E-state index < -0.39 is 0 Å². The van der Waals surface area contributed by atoms with Gasteiger partial charge in [0.25, 0.3) is 0 Å². The summed E-state index contributed by atoms with van der Waals surface area (Å²) in [5, 5.41) is 7.27. The second-order valence-electron chi connectivity index (χ2n) is 3.38. The minimum Gasteiger partial charge on any atom is -0.360 e. The van der Waals surface area contributed by atoms with Gasteiger partial charge in [0, 0.05) is 20.0 Å². The first-order chi connectivity index (χ1) is 7.28. The van der Waals surface area contributed by atoms with Crippen LogP contribution >= 0.6 is 39.0 Å². The third kappa shape index (κ3) is 3.23. The van der Waals surface area contributed by atoms with Gasteiger partial charge in [-0.25, -0.2) is 0 Å². The van der Waals surface area contributed by atoms with Gasteiger partial charge in [-0.3, -0.25) is 4.99 Å². The van der Waals surface area contributed by atoms with Crippen molar-refractivity contribution in [2.24, 2.45) is 4.99 Å². The van der Waals surface area contributed by atoms with Gasteiger partial charge in [0.05, 0.1) is 13.1 Å². The van der Waals surface area contributed by atoms with E-state index in [1.807, 2.05) is 11.8 Å². The Balaban J connectivity index is 1.80. The van der Waals surface area contributed by atoms with Crippen LogP contribution < -0.4 is 5.32 Å². The molecule has 0 saturated carbocycles. The molecule has 0 amide bonds. The number of amidine groups is 1. The molecule has 1 aromatic rings. The molecule has 2 rings (SSSR count). The van der Waals surface area contributed by atoms with E-state index in [9.17, 15) is 0 Å². The lowest BCUT2D eigenvalue weighted by atomic mass is 10.3. The molecular formula is C10H13BrN2S2. The molecule has 0 radical (unpaired) electrons. The topological polar surface area (TPSA) is 24.4 Å². The highest BCUT2D eigenvalue weighted by Crippen LogP contribution is 2.23. The largest absolute Gasteiger partial charge is 0.360 e.